The highest BCUT2D eigenvalue weighted by atomic mass is 32.2. The molecule has 1 rings (SSSR count). The summed E-state index contributed by atoms with van der Waals surface area (Å²) in [6.45, 7) is 4.79. The van der Waals surface area contributed by atoms with Crippen molar-refractivity contribution >= 4 is 29.3 Å². The first-order valence-electron chi connectivity index (χ1n) is 6.82. The van der Waals surface area contributed by atoms with E-state index in [1.54, 1.807) is 0 Å². The van der Waals surface area contributed by atoms with Gasteiger partial charge in [0, 0.05) is 12.2 Å². The monoisotopic (exact) mass is 294 g/mol. The quantitative estimate of drug-likeness (QED) is 0.725. The van der Waals surface area contributed by atoms with Crippen LogP contribution in [0.25, 0.3) is 0 Å². The molecule has 0 saturated heterocycles. The third kappa shape index (κ3) is 7.19. The van der Waals surface area contributed by atoms with Crippen LogP contribution in [0.3, 0.4) is 0 Å². The molecule has 0 aromatic heterocycles. The van der Waals surface area contributed by atoms with Crippen LogP contribution in [0, 0.1) is 6.92 Å². The molecule has 0 aliphatic carbocycles. The fourth-order valence-electron chi connectivity index (χ4n) is 1.53. The average Bonchev–Trinajstić information content (AvgIpc) is 2.42. The Labute approximate surface area is 124 Å². The van der Waals surface area contributed by atoms with Gasteiger partial charge in [-0.25, -0.2) is 0 Å². The van der Waals surface area contributed by atoms with Gasteiger partial charge in [0.05, 0.1) is 11.5 Å². The lowest BCUT2D eigenvalue weighted by atomic mass is 10.2. The van der Waals surface area contributed by atoms with Gasteiger partial charge in [0.1, 0.15) is 0 Å². The van der Waals surface area contributed by atoms with Crippen molar-refractivity contribution in [2.24, 2.45) is 0 Å². The van der Waals surface area contributed by atoms with Gasteiger partial charge in [0.25, 0.3) is 0 Å². The van der Waals surface area contributed by atoms with E-state index in [1.165, 1.54) is 11.8 Å². The van der Waals surface area contributed by atoms with Crippen LogP contribution in [-0.4, -0.2) is 29.9 Å². The summed E-state index contributed by atoms with van der Waals surface area (Å²) in [5, 5.41) is 5.63. The molecule has 20 heavy (non-hydrogen) atoms. The van der Waals surface area contributed by atoms with Gasteiger partial charge in [-0.1, -0.05) is 31.0 Å². The van der Waals surface area contributed by atoms with Crippen LogP contribution in [0.1, 0.15) is 25.3 Å². The summed E-state index contributed by atoms with van der Waals surface area (Å²) in [5.41, 5.74) is 1.94. The molecule has 0 spiro atoms. The molecule has 2 amide bonds. The molecule has 1 aromatic carbocycles. The topological polar surface area (TPSA) is 58.2 Å². The van der Waals surface area contributed by atoms with Gasteiger partial charge in [-0.15, -0.1) is 11.8 Å². The number of aryl methyl sites for hydroxylation is 1. The van der Waals surface area contributed by atoms with Gasteiger partial charge in [-0.05, 0) is 25.5 Å². The van der Waals surface area contributed by atoms with Gasteiger partial charge in [-0.2, -0.15) is 0 Å². The molecular weight excluding hydrogens is 272 g/mol. The molecule has 0 atom stereocenters. The molecule has 1 aromatic rings. The molecule has 0 saturated carbocycles. The summed E-state index contributed by atoms with van der Waals surface area (Å²) in [6.07, 6.45) is 2.05. The largest absolute Gasteiger partial charge is 0.355 e. The molecule has 0 fully saturated rings. The predicted molar refractivity (Wildman–Crippen MR) is 85.1 cm³/mol. The number of thioether (sulfide) groups is 1. The van der Waals surface area contributed by atoms with Crippen LogP contribution in [-0.2, 0) is 9.59 Å². The highest BCUT2D eigenvalue weighted by Gasteiger charge is 2.05. The number of carbonyl (C=O) groups excluding carboxylic acids is 2. The molecular formula is C15H22N2O2S. The maximum absolute atomic E-state index is 11.7. The fraction of sp³-hybridized carbons (Fsp3) is 0.467. The second kappa shape index (κ2) is 9.42. The highest BCUT2D eigenvalue weighted by Crippen LogP contribution is 2.09. The zero-order valence-electron chi connectivity index (χ0n) is 12.1. The first kappa shape index (κ1) is 16.6. The van der Waals surface area contributed by atoms with Crippen molar-refractivity contribution in [1.29, 1.82) is 0 Å². The lowest BCUT2D eigenvalue weighted by Crippen LogP contribution is -2.26. The van der Waals surface area contributed by atoms with E-state index < -0.39 is 0 Å². The summed E-state index contributed by atoms with van der Waals surface area (Å²) in [6, 6.07) is 7.64. The van der Waals surface area contributed by atoms with Crippen LogP contribution in [0.2, 0.25) is 0 Å². The third-order valence-corrected chi connectivity index (χ3v) is 3.59. The van der Waals surface area contributed by atoms with E-state index in [2.05, 4.69) is 17.6 Å². The summed E-state index contributed by atoms with van der Waals surface area (Å²) in [4.78, 5) is 23.1. The Bertz CT molecular complexity index is 432. The molecule has 0 aliphatic rings. The number of amides is 2. The summed E-state index contributed by atoms with van der Waals surface area (Å²) < 4.78 is 0. The van der Waals surface area contributed by atoms with Crippen LogP contribution in [0.15, 0.2) is 24.3 Å². The minimum Gasteiger partial charge on any atom is -0.355 e. The summed E-state index contributed by atoms with van der Waals surface area (Å²) >= 11 is 1.33. The van der Waals surface area contributed by atoms with E-state index in [9.17, 15) is 9.59 Å². The lowest BCUT2D eigenvalue weighted by Gasteiger charge is -2.06. The smallest absolute Gasteiger partial charge is 0.234 e. The first-order chi connectivity index (χ1) is 9.61. The van der Waals surface area contributed by atoms with E-state index in [0.717, 1.165) is 24.1 Å². The van der Waals surface area contributed by atoms with Crippen molar-refractivity contribution < 1.29 is 9.59 Å². The van der Waals surface area contributed by atoms with Gasteiger partial charge < -0.3 is 10.6 Å². The molecule has 0 unspecified atom stereocenters. The highest BCUT2D eigenvalue weighted by molar-refractivity contribution is 8.00. The molecule has 0 aliphatic heterocycles. The Morgan fingerprint density at radius 2 is 1.75 bits per heavy atom. The van der Waals surface area contributed by atoms with E-state index >= 15 is 0 Å². The maximum Gasteiger partial charge on any atom is 0.234 e. The Morgan fingerprint density at radius 3 is 2.40 bits per heavy atom. The molecule has 5 heteroatoms. The molecule has 4 nitrogen and oxygen atoms in total. The SMILES string of the molecule is CCCCNC(=O)CSCC(=O)Nc1ccc(C)cc1. The Kier molecular flexibility index (Phi) is 7.80. The number of anilines is 1. The molecule has 0 bridgehead atoms. The molecule has 0 heterocycles. The van der Waals surface area contributed by atoms with Crippen LogP contribution in [0.4, 0.5) is 5.69 Å². The number of unbranched alkanes of at least 4 members (excludes halogenated alkanes) is 1. The normalized spacial score (nSPS) is 10.1. The summed E-state index contributed by atoms with van der Waals surface area (Å²) in [5.74, 6) is 0.520. The minimum atomic E-state index is -0.0831. The number of hydrogen-bond acceptors (Lipinski definition) is 3. The van der Waals surface area contributed by atoms with Crippen LogP contribution < -0.4 is 10.6 Å². The second-order valence-electron chi connectivity index (χ2n) is 4.61. The van der Waals surface area contributed by atoms with Gasteiger partial charge >= 0.3 is 0 Å². The number of nitrogens with one attached hydrogen (secondary N) is 2. The molecule has 110 valence electrons. The van der Waals surface area contributed by atoms with E-state index in [0.29, 0.717) is 12.3 Å². The van der Waals surface area contributed by atoms with Gasteiger partial charge in [-0.3, -0.25) is 9.59 Å². The van der Waals surface area contributed by atoms with E-state index in [1.807, 2.05) is 31.2 Å². The predicted octanol–water partition coefficient (Wildman–Crippen LogP) is 2.58. The zero-order chi connectivity index (χ0) is 14.8. The lowest BCUT2D eigenvalue weighted by molar-refractivity contribution is -0.118. The van der Waals surface area contributed by atoms with Gasteiger partial charge in [0.15, 0.2) is 0 Å². The number of rotatable bonds is 8. The van der Waals surface area contributed by atoms with Crippen molar-refractivity contribution in [3.05, 3.63) is 29.8 Å². The van der Waals surface area contributed by atoms with Crippen molar-refractivity contribution in [3.63, 3.8) is 0 Å². The fourth-order valence-corrected chi connectivity index (χ4v) is 2.17. The maximum atomic E-state index is 11.7. The Hall–Kier alpha value is -1.49. The minimum absolute atomic E-state index is 0.00779. The summed E-state index contributed by atoms with van der Waals surface area (Å²) in [7, 11) is 0. The average molecular weight is 294 g/mol. The standard InChI is InChI=1S/C15H22N2O2S/c1-3-4-9-16-14(18)10-20-11-15(19)17-13-7-5-12(2)6-8-13/h5-8H,3-4,9-11H2,1-2H3,(H,16,18)(H,17,19). The zero-order valence-corrected chi connectivity index (χ0v) is 12.9. The van der Waals surface area contributed by atoms with E-state index in [-0.39, 0.29) is 17.6 Å². The number of hydrogen-bond donors (Lipinski definition) is 2. The van der Waals surface area contributed by atoms with Crippen LogP contribution >= 0.6 is 11.8 Å². The second-order valence-corrected chi connectivity index (χ2v) is 5.60. The van der Waals surface area contributed by atoms with Crippen molar-refractivity contribution in [2.45, 2.75) is 26.7 Å². The van der Waals surface area contributed by atoms with Crippen molar-refractivity contribution in [3.8, 4) is 0 Å². The Balaban J connectivity index is 2.17. The Morgan fingerprint density at radius 1 is 1.10 bits per heavy atom. The first-order valence-corrected chi connectivity index (χ1v) is 7.98. The number of benzene rings is 1. The number of carbonyl (C=O) groups is 2. The van der Waals surface area contributed by atoms with Crippen molar-refractivity contribution in [2.75, 3.05) is 23.4 Å². The van der Waals surface area contributed by atoms with Gasteiger partial charge in [0.2, 0.25) is 11.8 Å². The van der Waals surface area contributed by atoms with E-state index in [4.69, 9.17) is 0 Å². The third-order valence-electron chi connectivity index (χ3n) is 2.65. The van der Waals surface area contributed by atoms with Crippen molar-refractivity contribution in [1.82, 2.24) is 5.32 Å². The molecule has 2 N–H and O–H groups in total. The van der Waals surface area contributed by atoms with Crippen LogP contribution in [0.5, 0.6) is 0 Å². The molecule has 0 radical (unpaired) electrons.